The normalized spacial score (nSPS) is 19.6. The summed E-state index contributed by atoms with van der Waals surface area (Å²) in [6.45, 7) is 15.6. The first-order valence-electron chi connectivity index (χ1n) is 7.36. The largest absolute Gasteiger partial charge is 0.359 e. The number of benzene rings is 1. The van der Waals surface area contributed by atoms with Gasteiger partial charge in [-0.05, 0) is 53.4 Å². The summed E-state index contributed by atoms with van der Waals surface area (Å²) in [7, 11) is 0. The number of nitrogens with one attached hydrogen (secondary N) is 1. The zero-order chi connectivity index (χ0) is 14.3. The summed E-state index contributed by atoms with van der Waals surface area (Å²) in [5.41, 5.74) is 5.83. The maximum absolute atomic E-state index is 4.03. The van der Waals surface area contributed by atoms with E-state index < -0.39 is 0 Å². The second kappa shape index (κ2) is 4.70. The summed E-state index contributed by atoms with van der Waals surface area (Å²) in [4.78, 5) is 0. The minimum absolute atomic E-state index is 0.274. The quantitative estimate of drug-likeness (QED) is 0.767. The Morgan fingerprint density at radius 3 is 2.26 bits per heavy atom. The van der Waals surface area contributed by atoms with Crippen molar-refractivity contribution in [3.63, 3.8) is 0 Å². The van der Waals surface area contributed by atoms with Gasteiger partial charge in [-0.15, -0.1) is 0 Å². The minimum atomic E-state index is 0.274. The SMILES string of the molecule is C=C(CC)Nc1ccc2c(c1)C(C)(C)CCC2(C)C. The summed E-state index contributed by atoms with van der Waals surface area (Å²) >= 11 is 0. The van der Waals surface area contributed by atoms with Crippen LogP contribution in [0.5, 0.6) is 0 Å². The van der Waals surface area contributed by atoms with Crippen LogP contribution < -0.4 is 5.32 Å². The highest BCUT2D eigenvalue weighted by atomic mass is 14.9. The molecule has 0 aromatic heterocycles. The van der Waals surface area contributed by atoms with Gasteiger partial charge in [0.2, 0.25) is 0 Å². The molecule has 104 valence electrons. The molecule has 0 saturated carbocycles. The van der Waals surface area contributed by atoms with E-state index in [0.29, 0.717) is 5.41 Å². The van der Waals surface area contributed by atoms with Crippen LogP contribution in [-0.4, -0.2) is 0 Å². The first kappa shape index (κ1) is 14.2. The molecular formula is C18H27N. The second-order valence-corrected chi connectivity index (χ2v) is 7.11. The Morgan fingerprint density at radius 2 is 1.68 bits per heavy atom. The maximum atomic E-state index is 4.03. The Labute approximate surface area is 118 Å². The van der Waals surface area contributed by atoms with Gasteiger partial charge >= 0.3 is 0 Å². The minimum Gasteiger partial charge on any atom is -0.359 e. The van der Waals surface area contributed by atoms with Crippen LogP contribution in [0.3, 0.4) is 0 Å². The third kappa shape index (κ3) is 2.70. The lowest BCUT2D eigenvalue weighted by molar-refractivity contribution is 0.332. The monoisotopic (exact) mass is 257 g/mol. The highest BCUT2D eigenvalue weighted by Crippen LogP contribution is 2.46. The highest BCUT2D eigenvalue weighted by Gasteiger charge is 2.36. The lowest BCUT2D eigenvalue weighted by Crippen LogP contribution is -2.33. The van der Waals surface area contributed by atoms with Crippen LogP contribution in [0.1, 0.15) is 65.0 Å². The molecule has 1 aliphatic carbocycles. The fraction of sp³-hybridized carbons (Fsp3) is 0.556. The fourth-order valence-corrected chi connectivity index (χ4v) is 2.96. The lowest BCUT2D eigenvalue weighted by atomic mass is 9.63. The predicted molar refractivity (Wildman–Crippen MR) is 84.8 cm³/mol. The molecule has 0 saturated heterocycles. The third-order valence-corrected chi connectivity index (χ3v) is 4.60. The Morgan fingerprint density at radius 1 is 1.11 bits per heavy atom. The van der Waals surface area contributed by atoms with E-state index >= 15 is 0 Å². The van der Waals surface area contributed by atoms with Crippen molar-refractivity contribution >= 4 is 5.69 Å². The summed E-state index contributed by atoms with van der Waals surface area (Å²) < 4.78 is 0. The topological polar surface area (TPSA) is 12.0 Å². The van der Waals surface area contributed by atoms with Crippen molar-refractivity contribution in [3.8, 4) is 0 Å². The molecule has 0 spiro atoms. The molecule has 0 atom stereocenters. The summed E-state index contributed by atoms with van der Waals surface area (Å²) in [6.07, 6.45) is 3.48. The third-order valence-electron chi connectivity index (χ3n) is 4.60. The molecule has 1 N–H and O–H groups in total. The zero-order valence-electron chi connectivity index (χ0n) is 13.1. The Balaban J connectivity index is 2.44. The number of allylic oxidation sites excluding steroid dienone is 1. The van der Waals surface area contributed by atoms with E-state index in [1.807, 2.05) is 0 Å². The summed E-state index contributed by atoms with van der Waals surface area (Å²) in [5, 5.41) is 3.41. The van der Waals surface area contributed by atoms with E-state index in [-0.39, 0.29) is 5.41 Å². The average molecular weight is 257 g/mol. The standard InChI is InChI=1S/C18H27N/c1-7-13(2)19-14-8-9-15-16(12-14)18(5,6)11-10-17(15,3)4/h8-9,12,19H,2,7,10-11H2,1,3-6H3. The smallest absolute Gasteiger partial charge is 0.0384 e. The van der Waals surface area contributed by atoms with Crippen LogP contribution in [0.15, 0.2) is 30.5 Å². The molecular weight excluding hydrogens is 230 g/mol. The molecule has 1 heteroatoms. The molecule has 1 nitrogen and oxygen atoms in total. The molecule has 0 unspecified atom stereocenters. The Bertz CT molecular complexity index is 494. The molecule has 0 amide bonds. The Kier molecular flexibility index (Phi) is 3.51. The van der Waals surface area contributed by atoms with Crippen LogP contribution in [0.25, 0.3) is 0 Å². The zero-order valence-corrected chi connectivity index (χ0v) is 13.1. The van der Waals surface area contributed by atoms with Crippen molar-refractivity contribution < 1.29 is 0 Å². The van der Waals surface area contributed by atoms with Crippen molar-refractivity contribution in [3.05, 3.63) is 41.6 Å². The van der Waals surface area contributed by atoms with Gasteiger partial charge in [0.25, 0.3) is 0 Å². The Hall–Kier alpha value is -1.24. The fourth-order valence-electron chi connectivity index (χ4n) is 2.96. The van der Waals surface area contributed by atoms with Gasteiger partial charge in [0.15, 0.2) is 0 Å². The molecule has 0 radical (unpaired) electrons. The van der Waals surface area contributed by atoms with Gasteiger partial charge in [-0.25, -0.2) is 0 Å². The molecule has 2 rings (SSSR count). The van der Waals surface area contributed by atoms with Crippen molar-refractivity contribution in [2.45, 2.75) is 64.7 Å². The molecule has 0 fully saturated rings. The number of anilines is 1. The second-order valence-electron chi connectivity index (χ2n) is 7.11. The van der Waals surface area contributed by atoms with Crippen LogP contribution in [0, 0.1) is 0 Å². The molecule has 0 heterocycles. The molecule has 1 aromatic rings. The summed E-state index contributed by atoms with van der Waals surface area (Å²) in [6, 6.07) is 6.83. The van der Waals surface area contributed by atoms with E-state index in [1.54, 1.807) is 0 Å². The van der Waals surface area contributed by atoms with Gasteiger partial charge in [0, 0.05) is 11.4 Å². The molecule has 1 aromatic carbocycles. The van der Waals surface area contributed by atoms with E-state index in [1.165, 1.54) is 29.7 Å². The highest BCUT2D eigenvalue weighted by molar-refractivity contribution is 5.55. The van der Waals surface area contributed by atoms with Gasteiger partial charge in [0.1, 0.15) is 0 Å². The van der Waals surface area contributed by atoms with Crippen molar-refractivity contribution in [2.24, 2.45) is 0 Å². The van der Waals surface area contributed by atoms with E-state index in [9.17, 15) is 0 Å². The van der Waals surface area contributed by atoms with E-state index in [2.05, 4.69) is 64.7 Å². The first-order chi connectivity index (χ1) is 8.76. The van der Waals surface area contributed by atoms with Crippen molar-refractivity contribution in [1.82, 2.24) is 0 Å². The number of hydrogen-bond acceptors (Lipinski definition) is 1. The van der Waals surface area contributed by atoms with Gasteiger partial charge in [-0.2, -0.15) is 0 Å². The van der Waals surface area contributed by atoms with Gasteiger partial charge in [-0.3, -0.25) is 0 Å². The van der Waals surface area contributed by atoms with Crippen molar-refractivity contribution in [2.75, 3.05) is 5.32 Å². The molecule has 1 aliphatic rings. The van der Waals surface area contributed by atoms with Gasteiger partial charge < -0.3 is 5.32 Å². The molecule has 0 bridgehead atoms. The number of fused-ring (bicyclic) bond motifs is 1. The molecule has 0 aliphatic heterocycles. The van der Waals surface area contributed by atoms with Crippen molar-refractivity contribution in [1.29, 1.82) is 0 Å². The maximum Gasteiger partial charge on any atom is 0.0384 e. The van der Waals surface area contributed by atoms with E-state index in [4.69, 9.17) is 0 Å². The first-order valence-corrected chi connectivity index (χ1v) is 7.36. The molecule has 19 heavy (non-hydrogen) atoms. The van der Waals surface area contributed by atoms with Crippen LogP contribution in [0.2, 0.25) is 0 Å². The van der Waals surface area contributed by atoms with Crippen LogP contribution >= 0.6 is 0 Å². The van der Waals surface area contributed by atoms with Gasteiger partial charge in [0.05, 0.1) is 0 Å². The summed E-state index contributed by atoms with van der Waals surface area (Å²) in [5.74, 6) is 0. The number of hydrogen-bond donors (Lipinski definition) is 1. The van der Waals surface area contributed by atoms with Crippen LogP contribution in [0.4, 0.5) is 5.69 Å². The predicted octanol–water partition coefficient (Wildman–Crippen LogP) is 5.37. The number of rotatable bonds is 3. The van der Waals surface area contributed by atoms with Gasteiger partial charge in [-0.1, -0.05) is 47.3 Å². The average Bonchev–Trinajstić information content (AvgIpc) is 2.35. The van der Waals surface area contributed by atoms with Crippen LogP contribution in [-0.2, 0) is 10.8 Å². The lowest BCUT2D eigenvalue weighted by Gasteiger charge is -2.42. The van der Waals surface area contributed by atoms with E-state index in [0.717, 1.165) is 12.1 Å².